The number of aliphatic hydroxyl groups excluding tert-OH is 1. The Morgan fingerprint density at radius 2 is 1.55 bits per heavy atom. The van der Waals surface area contributed by atoms with E-state index in [4.69, 9.17) is 4.74 Å². The van der Waals surface area contributed by atoms with Crippen LogP contribution >= 0.6 is 0 Å². The largest absolute Gasteiger partial charge is 0.454 e. The number of unbranched alkanes of at least 4 members (excludes halogenated alkanes) is 2. The van der Waals surface area contributed by atoms with Crippen molar-refractivity contribution in [2.75, 3.05) is 31.1 Å². The molecule has 0 fully saturated rings. The molecule has 6 heteroatoms. The number of para-hydroxylation sites is 1. The van der Waals surface area contributed by atoms with Crippen LogP contribution in [0.4, 0.5) is 5.69 Å². The predicted molar refractivity (Wildman–Crippen MR) is 130 cm³/mol. The second-order valence-electron chi connectivity index (χ2n) is 7.57. The highest BCUT2D eigenvalue weighted by Crippen LogP contribution is 2.40. The first-order chi connectivity index (χ1) is 15.1. The minimum Gasteiger partial charge on any atom is -0.454 e. The van der Waals surface area contributed by atoms with E-state index in [2.05, 4.69) is 18.7 Å². The first kappa shape index (κ1) is 25.4. The highest BCUT2D eigenvalue weighted by Gasteiger charge is 2.24. The van der Waals surface area contributed by atoms with Crippen LogP contribution in [-0.4, -0.2) is 39.8 Å². The summed E-state index contributed by atoms with van der Waals surface area (Å²) in [5.41, 5.74) is 1.66. The third kappa shape index (κ3) is 7.06. The van der Waals surface area contributed by atoms with Gasteiger partial charge in [-0.2, -0.15) is 0 Å². The molecule has 0 amide bonds. The molecule has 1 atom stereocenters. The van der Waals surface area contributed by atoms with E-state index < -0.39 is 11.0 Å². The Balaban J connectivity index is 2.66. The number of benzene rings is 2. The lowest BCUT2D eigenvalue weighted by Crippen LogP contribution is -2.28. The Bertz CT molecular complexity index is 802. The molecule has 0 aliphatic heterocycles. The van der Waals surface area contributed by atoms with Gasteiger partial charge in [-0.15, -0.1) is 0 Å². The van der Waals surface area contributed by atoms with E-state index in [9.17, 15) is 9.32 Å². The summed E-state index contributed by atoms with van der Waals surface area (Å²) in [7, 11) is -1.39. The van der Waals surface area contributed by atoms with Crippen LogP contribution in [-0.2, 0) is 17.6 Å². The van der Waals surface area contributed by atoms with Crippen molar-refractivity contribution in [3.8, 4) is 11.5 Å². The van der Waals surface area contributed by atoms with Crippen LogP contribution in [0.15, 0.2) is 47.4 Å². The SMILES string of the molecule is CCCCN(CCCC)c1cc(CO)cc(S(=O)N(CC)CC)c1Oc1ccccc1. The fourth-order valence-corrected chi connectivity index (χ4v) is 4.76. The molecule has 5 nitrogen and oxygen atoms in total. The lowest BCUT2D eigenvalue weighted by Gasteiger charge is -2.29. The van der Waals surface area contributed by atoms with Crippen LogP contribution < -0.4 is 9.64 Å². The molecule has 0 radical (unpaired) electrons. The molecular formula is C25H38N2O3S. The highest BCUT2D eigenvalue weighted by molar-refractivity contribution is 7.82. The van der Waals surface area contributed by atoms with Crippen LogP contribution in [0.25, 0.3) is 0 Å². The smallest absolute Gasteiger partial charge is 0.168 e. The molecule has 2 rings (SSSR count). The number of rotatable bonds is 14. The Hall–Kier alpha value is -1.89. The van der Waals surface area contributed by atoms with Gasteiger partial charge in [0.25, 0.3) is 0 Å². The minimum atomic E-state index is -1.39. The minimum absolute atomic E-state index is 0.101. The number of ether oxygens (including phenoxy) is 1. The van der Waals surface area contributed by atoms with Crippen molar-refractivity contribution in [1.29, 1.82) is 0 Å². The van der Waals surface area contributed by atoms with E-state index in [0.29, 0.717) is 29.5 Å². The van der Waals surface area contributed by atoms with Crippen LogP contribution in [0, 0.1) is 0 Å². The van der Waals surface area contributed by atoms with Gasteiger partial charge in [-0.1, -0.05) is 58.7 Å². The summed E-state index contributed by atoms with van der Waals surface area (Å²) in [6.07, 6.45) is 4.31. The van der Waals surface area contributed by atoms with Gasteiger partial charge in [0, 0.05) is 26.2 Å². The third-order valence-electron chi connectivity index (χ3n) is 5.27. The summed E-state index contributed by atoms with van der Waals surface area (Å²) in [5, 5.41) is 9.96. The first-order valence-electron chi connectivity index (χ1n) is 11.5. The lowest BCUT2D eigenvalue weighted by molar-refractivity contribution is 0.281. The van der Waals surface area contributed by atoms with Crippen molar-refractivity contribution in [2.45, 2.75) is 64.9 Å². The molecule has 0 saturated heterocycles. The maximum atomic E-state index is 13.5. The summed E-state index contributed by atoms with van der Waals surface area (Å²) in [4.78, 5) is 2.94. The lowest BCUT2D eigenvalue weighted by atomic mass is 10.1. The zero-order chi connectivity index (χ0) is 22.6. The maximum Gasteiger partial charge on any atom is 0.168 e. The van der Waals surface area contributed by atoms with Gasteiger partial charge in [0.05, 0.1) is 17.2 Å². The Kier molecular flexibility index (Phi) is 11.1. The van der Waals surface area contributed by atoms with Crippen molar-refractivity contribution in [3.63, 3.8) is 0 Å². The molecule has 0 heterocycles. The molecule has 1 unspecified atom stereocenters. The van der Waals surface area contributed by atoms with Crippen molar-refractivity contribution >= 4 is 16.7 Å². The zero-order valence-electron chi connectivity index (χ0n) is 19.5. The highest BCUT2D eigenvalue weighted by atomic mass is 32.2. The maximum absolute atomic E-state index is 13.5. The van der Waals surface area contributed by atoms with E-state index in [1.165, 1.54) is 0 Å². The van der Waals surface area contributed by atoms with E-state index in [0.717, 1.165) is 50.0 Å². The molecule has 0 saturated carbocycles. The number of anilines is 1. The monoisotopic (exact) mass is 446 g/mol. The normalized spacial score (nSPS) is 12.2. The Morgan fingerprint density at radius 1 is 0.935 bits per heavy atom. The summed E-state index contributed by atoms with van der Waals surface area (Å²) < 4.78 is 21.8. The first-order valence-corrected chi connectivity index (χ1v) is 12.6. The number of nitrogens with zero attached hydrogens (tertiary/aromatic N) is 2. The van der Waals surface area contributed by atoms with Crippen molar-refractivity contribution in [3.05, 3.63) is 48.0 Å². The molecule has 0 aromatic heterocycles. The van der Waals surface area contributed by atoms with Gasteiger partial charge in [0.1, 0.15) is 16.7 Å². The molecular weight excluding hydrogens is 408 g/mol. The average Bonchev–Trinajstić information content (AvgIpc) is 2.80. The van der Waals surface area contributed by atoms with Crippen LogP contribution in [0.3, 0.4) is 0 Å². The fraction of sp³-hybridized carbons (Fsp3) is 0.520. The summed E-state index contributed by atoms with van der Waals surface area (Å²) >= 11 is 0. The van der Waals surface area contributed by atoms with Gasteiger partial charge in [-0.3, -0.25) is 0 Å². The van der Waals surface area contributed by atoms with Crippen LogP contribution in [0.1, 0.15) is 58.9 Å². The second-order valence-corrected chi connectivity index (χ2v) is 9.03. The van der Waals surface area contributed by atoms with Crippen molar-refractivity contribution in [1.82, 2.24) is 4.31 Å². The Morgan fingerprint density at radius 3 is 2.06 bits per heavy atom. The zero-order valence-corrected chi connectivity index (χ0v) is 20.3. The summed E-state index contributed by atoms with van der Waals surface area (Å²) in [5.74, 6) is 1.34. The quantitative estimate of drug-likeness (QED) is 0.402. The van der Waals surface area contributed by atoms with Gasteiger partial charge >= 0.3 is 0 Å². The molecule has 0 spiro atoms. The average molecular weight is 447 g/mol. The molecule has 172 valence electrons. The van der Waals surface area contributed by atoms with E-state index in [1.54, 1.807) is 0 Å². The molecule has 0 aliphatic rings. The van der Waals surface area contributed by atoms with Crippen molar-refractivity contribution in [2.24, 2.45) is 0 Å². The van der Waals surface area contributed by atoms with Gasteiger partial charge in [0.15, 0.2) is 5.75 Å². The second kappa shape index (κ2) is 13.5. The van der Waals surface area contributed by atoms with E-state index in [-0.39, 0.29) is 6.61 Å². The molecule has 31 heavy (non-hydrogen) atoms. The molecule has 1 N–H and O–H groups in total. The Labute approximate surface area is 190 Å². The van der Waals surface area contributed by atoms with E-state index >= 15 is 0 Å². The predicted octanol–water partition coefficient (Wildman–Crippen LogP) is 5.74. The van der Waals surface area contributed by atoms with Gasteiger partial charge in [0.2, 0.25) is 0 Å². The third-order valence-corrected chi connectivity index (χ3v) is 6.94. The van der Waals surface area contributed by atoms with Crippen LogP contribution in [0.2, 0.25) is 0 Å². The molecule has 2 aromatic rings. The van der Waals surface area contributed by atoms with Gasteiger partial charge in [-0.25, -0.2) is 8.51 Å². The van der Waals surface area contributed by atoms with Crippen molar-refractivity contribution < 1.29 is 14.1 Å². The van der Waals surface area contributed by atoms with Crippen LogP contribution in [0.5, 0.6) is 11.5 Å². The molecule has 0 bridgehead atoms. The van der Waals surface area contributed by atoms with Gasteiger partial charge < -0.3 is 14.7 Å². The summed E-state index contributed by atoms with van der Waals surface area (Å²) in [6, 6.07) is 13.5. The van der Waals surface area contributed by atoms with Gasteiger partial charge in [-0.05, 0) is 42.7 Å². The fourth-order valence-electron chi connectivity index (χ4n) is 3.46. The number of hydrogen-bond donors (Lipinski definition) is 1. The standard InChI is InChI=1S/C25H38N2O3S/c1-5-9-16-26(17-10-6-2)23-18-21(20-28)19-24(31(29)27(7-3)8-4)25(23)30-22-14-12-11-13-15-22/h11-15,18-19,28H,5-10,16-17,20H2,1-4H3. The molecule has 0 aliphatic carbocycles. The molecule has 2 aromatic carbocycles. The number of aliphatic hydroxyl groups is 1. The summed E-state index contributed by atoms with van der Waals surface area (Å²) in [6.45, 7) is 11.4. The van der Waals surface area contributed by atoms with E-state index in [1.807, 2.05) is 60.6 Å². The number of hydrogen-bond acceptors (Lipinski definition) is 4. The topological polar surface area (TPSA) is 53.0 Å².